The predicted molar refractivity (Wildman–Crippen MR) is 123 cm³/mol. The van der Waals surface area contributed by atoms with Crippen LogP contribution in [0.25, 0.3) is 0 Å². The Bertz CT molecular complexity index is 1110. The minimum absolute atomic E-state index is 0.0696. The number of amides is 2. The van der Waals surface area contributed by atoms with Crippen molar-refractivity contribution in [2.24, 2.45) is 0 Å². The topological polar surface area (TPSA) is 62.3 Å². The summed E-state index contributed by atoms with van der Waals surface area (Å²) in [6.45, 7) is 0.129. The molecular weight excluding hydrogens is 444 g/mol. The van der Waals surface area contributed by atoms with Gasteiger partial charge in [0.2, 0.25) is 5.91 Å². The molecule has 2 amide bonds. The average molecular weight is 470 g/mol. The molecule has 8 heteroatoms. The SMILES string of the molecule is O=C(c1cscn1)N(CCc1ccccc1F)CNC(=O)C1(c2ccccc2F)CCCC1. The van der Waals surface area contributed by atoms with E-state index in [1.807, 2.05) is 0 Å². The zero-order valence-corrected chi connectivity index (χ0v) is 18.9. The number of halogens is 2. The minimum atomic E-state index is -0.952. The normalized spacial score (nSPS) is 14.7. The number of nitrogens with zero attached hydrogens (tertiary/aromatic N) is 2. The summed E-state index contributed by atoms with van der Waals surface area (Å²) in [7, 11) is 0. The van der Waals surface area contributed by atoms with Crippen molar-refractivity contribution in [3.05, 3.63) is 87.9 Å². The maximum absolute atomic E-state index is 14.6. The predicted octanol–water partition coefficient (Wildman–Crippen LogP) is 4.69. The minimum Gasteiger partial charge on any atom is -0.338 e. The molecular formula is C25H25F2N3O2S. The number of hydrogen-bond donors (Lipinski definition) is 1. The first-order valence-corrected chi connectivity index (χ1v) is 11.9. The number of carbonyl (C=O) groups is 2. The van der Waals surface area contributed by atoms with E-state index in [1.54, 1.807) is 47.3 Å². The van der Waals surface area contributed by atoms with Gasteiger partial charge in [-0.2, -0.15) is 0 Å². The largest absolute Gasteiger partial charge is 0.338 e. The molecule has 0 bridgehead atoms. The van der Waals surface area contributed by atoms with Crippen molar-refractivity contribution in [2.45, 2.75) is 37.5 Å². The number of rotatable bonds is 8. The van der Waals surface area contributed by atoms with Gasteiger partial charge in [0.1, 0.15) is 17.3 Å². The highest BCUT2D eigenvalue weighted by molar-refractivity contribution is 7.07. The molecule has 1 fully saturated rings. The Morgan fingerprint density at radius 3 is 2.39 bits per heavy atom. The lowest BCUT2D eigenvalue weighted by Crippen LogP contribution is -2.49. The van der Waals surface area contributed by atoms with Crippen LogP contribution in [0.3, 0.4) is 0 Å². The molecule has 0 saturated heterocycles. The third-order valence-electron chi connectivity index (χ3n) is 6.26. The van der Waals surface area contributed by atoms with Gasteiger partial charge in [0.25, 0.3) is 5.91 Å². The van der Waals surface area contributed by atoms with Gasteiger partial charge < -0.3 is 10.2 Å². The van der Waals surface area contributed by atoms with Crippen LogP contribution in [0.4, 0.5) is 8.78 Å². The first-order valence-electron chi connectivity index (χ1n) is 11.0. The summed E-state index contributed by atoms with van der Waals surface area (Å²) < 4.78 is 28.7. The smallest absolute Gasteiger partial charge is 0.274 e. The molecule has 1 aromatic heterocycles. The van der Waals surface area contributed by atoms with E-state index in [1.165, 1.54) is 28.4 Å². The maximum Gasteiger partial charge on any atom is 0.274 e. The van der Waals surface area contributed by atoms with Crippen molar-refractivity contribution >= 4 is 23.2 Å². The van der Waals surface area contributed by atoms with Crippen LogP contribution in [-0.4, -0.2) is 34.9 Å². The Morgan fingerprint density at radius 2 is 1.73 bits per heavy atom. The second-order valence-corrected chi connectivity index (χ2v) is 8.94. The molecule has 4 rings (SSSR count). The molecule has 0 unspecified atom stereocenters. The number of aromatic nitrogens is 1. The van der Waals surface area contributed by atoms with Crippen molar-refractivity contribution in [1.82, 2.24) is 15.2 Å². The zero-order valence-electron chi connectivity index (χ0n) is 18.1. The van der Waals surface area contributed by atoms with Gasteiger partial charge >= 0.3 is 0 Å². The van der Waals surface area contributed by atoms with E-state index in [2.05, 4.69) is 10.3 Å². The standard InChI is InChI=1S/C25H25F2N3O2S/c26-20-9-3-1-7-18(20)11-14-30(23(31)22-15-33-17-29-22)16-28-24(32)25(12-5-6-13-25)19-8-2-4-10-21(19)27/h1-4,7-10,15,17H,5-6,11-14,16H2,(H,28,32). The Balaban J connectivity index is 1.52. The summed E-state index contributed by atoms with van der Waals surface area (Å²) in [6.07, 6.45) is 3.05. The molecule has 33 heavy (non-hydrogen) atoms. The maximum atomic E-state index is 14.6. The summed E-state index contributed by atoms with van der Waals surface area (Å²) in [6, 6.07) is 12.8. The Hall–Kier alpha value is -3.13. The van der Waals surface area contributed by atoms with Crippen molar-refractivity contribution in [3.63, 3.8) is 0 Å². The van der Waals surface area contributed by atoms with Gasteiger partial charge in [0, 0.05) is 17.5 Å². The van der Waals surface area contributed by atoms with Crippen LogP contribution in [0.5, 0.6) is 0 Å². The van der Waals surface area contributed by atoms with E-state index in [0.29, 0.717) is 24.0 Å². The van der Waals surface area contributed by atoms with Gasteiger partial charge in [0.05, 0.1) is 17.6 Å². The van der Waals surface area contributed by atoms with E-state index >= 15 is 0 Å². The van der Waals surface area contributed by atoms with Crippen molar-refractivity contribution in [1.29, 1.82) is 0 Å². The first kappa shape index (κ1) is 23.0. The van der Waals surface area contributed by atoms with Crippen LogP contribution in [0.1, 0.15) is 47.3 Å². The zero-order chi connectivity index (χ0) is 23.3. The molecule has 0 radical (unpaired) electrons. The Labute approximate surface area is 195 Å². The molecule has 1 N–H and O–H groups in total. The molecule has 0 spiro atoms. The third-order valence-corrected chi connectivity index (χ3v) is 6.85. The summed E-state index contributed by atoms with van der Waals surface area (Å²) in [5, 5.41) is 4.50. The molecule has 2 aromatic carbocycles. The monoisotopic (exact) mass is 469 g/mol. The molecule has 1 saturated carbocycles. The van der Waals surface area contributed by atoms with E-state index < -0.39 is 11.2 Å². The van der Waals surface area contributed by atoms with E-state index in [0.717, 1.165) is 12.8 Å². The number of nitrogens with one attached hydrogen (secondary N) is 1. The summed E-state index contributed by atoms with van der Waals surface area (Å²) >= 11 is 1.30. The van der Waals surface area contributed by atoms with Gasteiger partial charge in [0.15, 0.2) is 0 Å². The number of thiazole rings is 1. The lowest BCUT2D eigenvalue weighted by molar-refractivity contribution is -0.127. The first-order chi connectivity index (χ1) is 16.0. The molecule has 0 aliphatic heterocycles. The van der Waals surface area contributed by atoms with Crippen LogP contribution in [-0.2, 0) is 16.6 Å². The van der Waals surface area contributed by atoms with Gasteiger partial charge in [-0.05, 0) is 37.0 Å². The highest BCUT2D eigenvalue weighted by Crippen LogP contribution is 2.42. The molecule has 1 heterocycles. The van der Waals surface area contributed by atoms with Crippen LogP contribution < -0.4 is 5.32 Å². The van der Waals surface area contributed by atoms with Crippen LogP contribution in [0.2, 0.25) is 0 Å². The van der Waals surface area contributed by atoms with Gasteiger partial charge in [-0.1, -0.05) is 49.2 Å². The second kappa shape index (κ2) is 10.2. The molecule has 1 aliphatic rings. The average Bonchev–Trinajstić information content (AvgIpc) is 3.53. The van der Waals surface area contributed by atoms with Crippen molar-refractivity contribution in [2.75, 3.05) is 13.2 Å². The van der Waals surface area contributed by atoms with Gasteiger partial charge in [-0.3, -0.25) is 9.59 Å². The van der Waals surface area contributed by atoms with Crippen molar-refractivity contribution < 1.29 is 18.4 Å². The molecule has 3 aromatic rings. The second-order valence-electron chi connectivity index (χ2n) is 8.22. The fourth-order valence-electron chi connectivity index (χ4n) is 4.47. The van der Waals surface area contributed by atoms with E-state index in [-0.39, 0.29) is 43.0 Å². The Kier molecular flexibility index (Phi) is 7.13. The summed E-state index contributed by atoms with van der Waals surface area (Å²) in [4.78, 5) is 31.9. The third kappa shape index (κ3) is 4.95. The fourth-order valence-corrected chi connectivity index (χ4v) is 5.00. The van der Waals surface area contributed by atoms with Gasteiger partial charge in [-0.25, -0.2) is 13.8 Å². The Morgan fingerprint density at radius 1 is 1.03 bits per heavy atom. The van der Waals surface area contributed by atoms with Crippen LogP contribution >= 0.6 is 11.3 Å². The highest BCUT2D eigenvalue weighted by atomic mass is 32.1. The molecule has 0 atom stereocenters. The molecule has 172 valence electrons. The van der Waals surface area contributed by atoms with Crippen LogP contribution in [0, 0.1) is 11.6 Å². The molecule has 1 aliphatic carbocycles. The number of hydrogen-bond acceptors (Lipinski definition) is 4. The molecule has 5 nitrogen and oxygen atoms in total. The van der Waals surface area contributed by atoms with E-state index in [4.69, 9.17) is 0 Å². The highest BCUT2D eigenvalue weighted by Gasteiger charge is 2.44. The van der Waals surface area contributed by atoms with E-state index in [9.17, 15) is 18.4 Å². The quantitative estimate of drug-likeness (QED) is 0.487. The lowest BCUT2D eigenvalue weighted by atomic mass is 9.77. The van der Waals surface area contributed by atoms with Gasteiger partial charge in [-0.15, -0.1) is 11.3 Å². The van der Waals surface area contributed by atoms with Crippen molar-refractivity contribution in [3.8, 4) is 0 Å². The summed E-state index contributed by atoms with van der Waals surface area (Å²) in [5.74, 6) is -1.39. The number of benzene rings is 2. The fraction of sp³-hybridized carbons (Fsp3) is 0.320. The van der Waals surface area contributed by atoms with Crippen LogP contribution in [0.15, 0.2) is 59.4 Å². The number of carbonyl (C=O) groups excluding carboxylic acids is 2. The summed E-state index contributed by atoms with van der Waals surface area (Å²) in [5.41, 5.74) is 1.76. The lowest BCUT2D eigenvalue weighted by Gasteiger charge is -2.30.